The highest BCUT2D eigenvalue weighted by Gasteiger charge is 2.20. The Morgan fingerprint density at radius 3 is 2.66 bits per heavy atom. The molecule has 3 aromatic rings. The summed E-state index contributed by atoms with van der Waals surface area (Å²) in [4.78, 5) is 17.7. The molecule has 4 rings (SSSR count). The second-order valence-electron chi connectivity index (χ2n) is 6.87. The molecule has 0 radical (unpaired) electrons. The molecule has 6 nitrogen and oxygen atoms in total. The first-order chi connectivity index (χ1) is 14.2. The summed E-state index contributed by atoms with van der Waals surface area (Å²) < 4.78 is 16.3. The summed E-state index contributed by atoms with van der Waals surface area (Å²) in [6.07, 6.45) is 4.94. The third-order valence-corrected chi connectivity index (χ3v) is 5.22. The van der Waals surface area contributed by atoms with Crippen molar-refractivity contribution in [2.24, 2.45) is 0 Å². The molecule has 0 unspecified atom stereocenters. The zero-order chi connectivity index (χ0) is 20.2. The van der Waals surface area contributed by atoms with Crippen molar-refractivity contribution in [3.05, 3.63) is 60.3 Å². The van der Waals surface area contributed by atoms with E-state index in [1.807, 2.05) is 47.5 Å². The van der Waals surface area contributed by atoms with E-state index in [0.29, 0.717) is 24.6 Å². The average molecular weight is 392 g/mol. The Kier molecular flexibility index (Phi) is 5.42. The summed E-state index contributed by atoms with van der Waals surface area (Å²) in [6.45, 7) is 1.23. The van der Waals surface area contributed by atoms with Crippen LogP contribution in [0.1, 0.15) is 12.0 Å². The highest BCUT2D eigenvalue weighted by atomic mass is 16.5. The zero-order valence-corrected chi connectivity index (χ0v) is 16.6. The molecular weight excluding hydrogens is 368 g/mol. The number of aromatic nitrogens is 1. The molecule has 0 atom stereocenters. The van der Waals surface area contributed by atoms with Gasteiger partial charge in [-0.15, -0.1) is 0 Å². The van der Waals surface area contributed by atoms with Gasteiger partial charge < -0.3 is 24.1 Å². The summed E-state index contributed by atoms with van der Waals surface area (Å²) in [5, 5.41) is 1.13. The van der Waals surface area contributed by atoms with Gasteiger partial charge in [0.25, 0.3) is 5.91 Å². The molecule has 1 aliphatic rings. The largest absolute Gasteiger partial charge is 0.497 e. The van der Waals surface area contributed by atoms with Gasteiger partial charge in [0.15, 0.2) is 18.1 Å². The summed E-state index contributed by atoms with van der Waals surface area (Å²) in [7, 11) is 3.26. The molecule has 0 saturated heterocycles. The first kappa shape index (κ1) is 18.9. The van der Waals surface area contributed by atoms with Crippen LogP contribution < -0.4 is 14.2 Å². The number of amides is 1. The maximum atomic E-state index is 12.6. The predicted octanol–water partition coefficient (Wildman–Crippen LogP) is 3.88. The van der Waals surface area contributed by atoms with Gasteiger partial charge in [-0.1, -0.05) is 18.2 Å². The van der Waals surface area contributed by atoms with Crippen molar-refractivity contribution < 1.29 is 19.0 Å². The van der Waals surface area contributed by atoms with Crippen LogP contribution in [-0.2, 0) is 4.79 Å². The van der Waals surface area contributed by atoms with Crippen LogP contribution in [0, 0.1) is 0 Å². The van der Waals surface area contributed by atoms with Gasteiger partial charge in [0.05, 0.1) is 14.2 Å². The Hall–Kier alpha value is -3.41. The van der Waals surface area contributed by atoms with Gasteiger partial charge in [0.2, 0.25) is 0 Å². The van der Waals surface area contributed by atoms with E-state index in [-0.39, 0.29) is 12.5 Å². The van der Waals surface area contributed by atoms with Gasteiger partial charge >= 0.3 is 0 Å². The Morgan fingerprint density at radius 1 is 1.10 bits per heavy atom. The SMILES string of the molecule is COc1ccc2[nH]cc(C3=CCN(C(=O)COc4ccccc4OC)CC3)c2c1. The smallest absolute Gasteiger partial charge is 0.260 e. The fraction of sp³-hybridized carbons (Fsp3) is 0.261. The standard InChI is InChI=1S/C23H24N2O4/c1-27-17-7-8-20-18(13-17)19(14-24-20)16-9-11-25(12-10-16)23(26)15-29-22-6-4-3-5-21(22)28-2/h3-9,13-14,24H,10-12,15H2,1-2H3. The van der Waals surface area contributed by atoms with E-state index in [0.717, 1.165) is 28.6 Å². The van der Waals surface area contributed by atoms with Crippen LogP contribution in [0.3, 0.4) is 0 Å². The van der Waals surface area contributed by atoms with E-state index in [1.54, 1.807) is 20.3 Å². The molecule has 1 amide bonds. The van der Waals surface area contributed by atoms with Crippen LogP contribution in [0.4, 0.5) is 0 Å². The third-order valence-electron chi connectivity index (χ3n) is 5.22. The maximum absolute atomic E-state index is 12.6. The van der Waals surface area contributed by atoms with Crippen molar-refractivity contribution >= 4 is 22.4 Å². The molecule has 6 heteroatoms. The van der Waals surface area contributed by atoms with Crippen molar-refractivity contribution in [3.8, 4) is 17.2 Å². The number of hydrogen-bond donors (Lipinski definition) is 1. The fourth-order valence-electron chi connectivity index (χ4n) is 3.60. The van der Waals surface area contributed by atoms with Gasteiger partial charge in [0, 0.05) is 35.8 Å². The molecule has 1 N–H and O–H groups in total. The molecule has 29 heavy (non-hydrogen) atoms. The topological polar surface area (TPSA) is 63.8 Å². The van der Waals surface area contributed by atoms with Crippen molar-refractivity contribution in [3.63, 3.8) is 0 Å². The van der Waals surface area contributed by atoms with Crippen molar-refractivity contribution in [2.45, 2.75) is 6.42 Å². The minimum Gasteiger partial charge on any atom is -0.497 e. The molecule has 2 aromatic carbocycles. The number of hydrogen-bond acceptors (Lipinski definition) is 4. The average Bonchev–Trinajstić information content (AvgIpc) is 3.20. The van der Waals surface area contributed by atoms with E-state index in [4.69, 9.17) is 14.2 Å². The van der Waals surface area contributed by atoms with Crippen LogP contribution in [0.2, 0.25) is 0 Å². The lowest BCUT2D eigenvalue weighted by atomic mass is 9.99. The molecule has 1 aromatic heterocycles. The lowest BCUT2D eigenvalue weighted by Crippen LogP contribution is -2.37. The van der Waals surface area contributed by atoms with Gasteiger partial charge in [-0.2, -0.15) is 0 Å². The Labute approximate surface area is 169 Å². The van der Waals surface area contributed by atoms with E-state index in [1.165, 1.54) is 5.57 Å². The minimum absolute atomic E-state index is 0.00612. The zero-order valence-electron chi connectivity index (χ0n) is 16.6. The first-order valence-electron chi connectivity index (χ1n) is 9.57. The van der Waals surface area contributed by atoms with Gasteiger partial charge in [-0.05, 0) is 42.3 Å². The van der Waals surface area contributed by atoms with Crippen LogP contribution >= 0.6 is 0 Å². The molecule has 1 aliphatic heterocycles. The van der Waals surface area contributed by atoms with Gasteiger partial charge in [-0.3, -0.25) is 4.79 Å². The highest BCUT2D eigenvalue weighted by Crippen LogP contribution is 2.31. The maximum Gasteiger partial charge on any atom is 0.260 e. The normalized spacial score (nSPS) is 13.9. The van der Waals surface area contributed by atoms with Crippen molar-refractivity contribution in [1.82, 2.24) is 9.88 Å². The van der Waals surface area contributed by atoms with Crippen molar-refractivity contribution in [1.29, 1.82) is 0 Å². The van der Waals surface area contributed by atoms with Crippen LogP contribution in [0.15, 0.2) is 54.7 Å². The monoisotopic (exact) mass is 392 g/mol. The van der Waals surface area contributed by atoms with Gasteiger partial charge in [0.1, 0.15) is 5.75 Å². The molecule has 2 heterocycles. The molecule has 0 saturated carbocycles. The fourth-order valence-corrected chi connectivity index (χ4v) is 3.60. The minimum atomic E-state index is -0.0354. The second kappa shape index (κ2) is 8.31. The lowest BCUT2D eigenvalue weighted by molar-refractivity contribution is -0.132. The Bertz CT molecular complexity index is 1050. The molecular formula is C23H24N2O4. The number of para-hydroxylation sites is 2. The van der Waals surface area contributed by atoms with Gasteiger partial charge in [-0.25, -0.2) is 0 Å². The molecule has 0 bridgehead atoms. The summed E-state index contributed by atoms with van der Waals surface area (Å²) in [5.41, 5.74) is 3.47. The first-order valence-corrected chi connectivity index (χ1v) is 9.57. The Morgan fingerprint density at radius 2 is 1.93 bits per heavy atom. The van der Waals surface area contributed by atoms with E-state index < -0.39 is 0 Å². The molecule has 150 valence electrons. The predicted molar refractivity (Wildman–Crippen MR) is 113 cm³/mol. The number of fused-ring (bicyclic) bond motifs is 1. The number of nitrogens with zero attached hydrogens (tertiary/aromatic N) is 1. The number of ether oxygens (including phenoxy) is 3. The summed E-state index contributed by atoms with van der Waals surface area (Å²) >= 11 is 0. The number of benzene rings is 2. The second-order valence-corrected chi connectivity index (χ2v) is 6.87. The number of carbonyl (C=O) groups excluding carboxylic acids is 1. The van der Waals surface area contributed by atoms with E-state index >= 15 is 0 Å². The molecule has 0 aliphatic carbocycles. The van der Waals surface area contributed by atoms with E-state index in [9.17, 15) is 4.79 Å². The summed E-state index contributed by atoms with van der Waals surface area (Å²) in [6, 6.07) is 13.3. The molecule has 0 fully saturated rings. The lowest BCUT2D eigenvalue weighted by Gasteiger charge is -2.26. The summed E-state index contributed by atoms with van der Waals surface area (Å²) in [5.74, 6) is 1.99. The highest BCUT2D eigenvalue weighted by molar-refractivity contribution is 5.94. The quantitative estimate of drug-likeness (QED) is 0.692. The number of H-pyrrole nitrogens is 1. The van der Waals surface area contributed by atoms with E-state index in [2.05, 4.69) is 11.1 Å². The van der Waals surface area contributed by atoms with Crippen LogP contribution in [-0.4, -0.2) is 49.7 Å². The molecule has 0 spiro atoms. The van der Waals surface area contributed by atoms with Crippen LogP contribution in [0.5, 0.6) is 17.2 Å². The number of aromatic amines is 1. The number of nitrogens with one attached hydrogen (secondary N) is 1. The van der Waals surface area contributed by atoms with Crippen LogP contribution in [0.25, 0.3) is 16.5 Å². The number of carbonyl (C=O) groups is 1. The Balaban J connectivity index is 1.42. The third kappa shape index (κ3) is 3.92. The van der Waals surface area contributed by atoms with Crippen molar-refractivity contribution in [2.75, 3.05) is 33.9 Å². The number of methoxy groups -OCH3 is 2. The number of rotatable bonds is 6.